The minimum absolute atomic E-state index is 0.152. The Kier molecular flexibility index (Phi) is 5.28. The van der Waals surface area contributed by atoms with E-state index >= 15 is 0 Å². The molecule has 0 spiro atoms. The Morgan fingerprint density at radius 2 is 2.17 bits per heavy atom. The summed E-state index contributed by atoms with van der Waals surface area (Å²) >= 11 is 0. The lowest BCUT2D eigenvalue weighted by Crippen LogP contribution is -2.27. The highest BCUT2D eigenvalue weighted by Gasteiger charge is 2.16. The van der Waals surface area contributed by atoms with Gasteiger partial charge in [-0.2, -0.15) is 0 Å². The lowest BCUT2D eigenvalue weighted by atomic mass is 10.2. The van der Waals surface area contributed by atoms with Gasteiger partial charge in [0.1, 0.15) is 5.60 Å². The van der Waals surface area contributed by atoms with Crippen LogP contribution in [-0.2, 0) is 16.1 Å². The molecule has 18 heavy (non-hydrogen) atoms. The number of nitrogens with zero attached hydrogens (tertiary/aromatic N) is 2. The van der Waals surface area contributed by atoms with Crippen LogP contribution in [0.15, 0.2) is 24.5 Å². The highest BCUT2D eigenvalue weighted by atomic mass is 16.6. The predicted octanol–water partition coefficient (Wildman–Crippen LogP) is 2.25. The molecule has 0 aromatic carbocycles. The fourth-order valence-electron chi connectivity index (χ4n) is 1.56. The number of hydrogen-bond acceptors (Lipinski definition) is 4. The lowest BCUT2D eigenvalue weighted by molar-refractivity contribution is -0.155. The number of hydrogen-bond donors (Lipinski definition) is 0. The number of ether oxygens (including phenoxy) is 1. The van der Waals surface area contributed by atoms with E-state index in [0.29, 0.717) is 13.0 Å². The third-order valence-electron chi connectivity index (χ3n) is 2.29. The van der Waals surface area contributed by atoms with Crippen molar-refractivity contribution in [3.05, 3.63) is 30.1 Å². The number of carbonyl (C=O) groups is 1. The number of carbonyl (C=O) groups excluding carboxylic acids is 1. The normalized spacial score (nSPS) is 11.6. The van der Waals surface area contributed by atoms with Gasteiger partial charge in [0.2, 0.25) is 0 Å². The molecule has 0 radical (unpaired) electrons. The Morgan fingerprint density at radius 1 is 1.44 bits per heavy atom. The molecular formula is C14H22N2O2. The van der Waals surface area contributed by atoms with Gasteiger partial charge in [-0.05, 0) is 39.4 Å². The number of aromatic nitrogens is 1. The molecular weight excluding hydrogens is 228 g/mol. The summed E-state index contributed by atoms with van der Waals surface area (Å²) in [6, 6.07) is 3.94. The second kappa shape index (κ2) is 6.50. The first kappa shape index (κ1) is 14.6. The quantitative estimate of drug-likeness (QED) is 0.752. The van der Waals surface area contributed by atoms with E-state index in [2.05, 4.69) is 9.88 Å². The molecule has 0 aliphatic rings. The molecule has 1 aromatic rings. The maximum absolute atomic E-state index is 11.6. The highest BCUT2D eigenvalue weighted by molar-refractivity contribution is 5.70. The van der Waals surface area contributed by atoms with E-state index < -0.39 is 5.60 Å². The average molecular weight is 250 g/mol. The SMILES string of the molecule is CN(CCC(=O)OC(C)(C)C)Cc1cccnc1. The largest absolute Gasteiger partial charge is 0.460 e. The highest BCUT2D eigenvalue weighted by Crippen LogP contribution is 2.09. The molecule has 100 valence electrons. The van der Waals surface area contributed by atoms with E-state index in [1.165, 1.54) is 0 Å². The van der Waals surface area contributed by atoms with E-state index in [-0.39, 0.29) is 5.97 Å². The van der Waals surface area contributed by atoms with Gasteiger partial charge in [-0.15, -0.1) is 0 Å². The van der Waals surface area contributed by atoms with Gasteiger partial charge in [0.05, 0.1) is 6.42 Å². The summed E-state index contributed by atoms with van der Waals surface area (Å²) in [7, 11) is 1.98. The first-order valence-electron chi connectivity index (χ1n) is 6.16. The summed E-state index contributed by atoms with van der Waals surface area (Å²) in [6.45, 7) is 7.11. The van der Waals surface area contributed by atoms with Crippen LogP contribution in [-0.4, -0.2) is 35.0 Å². The van der Waals surface area contributed by atoms with E-state index in [1.54, 1.807) is 6.20 Å². The van der Waals surface area contributed by atoms with Gasteiger partial charge in [0.25, 0.3) is 0 Å². The van der Waals surface area contributed by atoms with Crippen LogP contribution in [0.4, 0.5) is 0 Å². The fraction of sp³-hybridized carbons (Fsp3) is 0.571. The molecule has 1 aromatic heterocycles. The lowest BCUT2D eigenvalue weighted by Gasteiger charge is -2.21. The Labute approximate surface area is 109 Å². The van der Waals surface area contributed by atoms with Gasteiger partial charge >= 0.3 is 5.97 Å². The summed E-state index contributed by atoms with van der Waals surface area (Å²) in [5, 5.41) is 0. The molecule has 4 nitrogen and oxygen atoms in total. The zero-order valence-electron chi connectivity index (χ0n) is 11.6. The zero-order chi connectivity index (χ0) is 13.6. The second-order valence-corrected chi connectivity index (χ2v) is 5.44. The smallest absolute Gasteiger partial charge is 0.307 e. The first-order chi connectivity index (χ1) is 8.37. The van der Waals surface area contributed by atoms with Crippen molar-refractivity contribution in [3.8, 4) is 0 Å². The van der Waals surface area contributed by atoms with Crippen LogP contribution in [0.5, 0.6) is 0 Å². The maximum atomic E-state index is 11.6. The van der Waals surface area contributed by atoms with Crippen molar-refractivity contribution in [2.75, 3.05) is 13.6 Å². The molecule has 0 saturated heterocycles. The molecule has 0 unspecified atom stereocenters. The number of rotatable bonds is 5. The Hall–Kier alpha value is -1.42. The standard InChI is InChI=1S/C14H22N2O2/c1-14(2,3)18-13(17)7-9-16(4)11-12-6-5-8-15-10-12/h5-6,8,10H,7,9,11H2,1-4H3. The molecule has 0 N–H and O–H groups in total. The van der Waals surface area contributed by atoms with Crippen LogP contribution in [0.2, 0.25) is 0 Å². The van der Waals surface area contributed by atoms with Crippen LogP contribution >= 0.6 is 0 Å². The minimum Gasteiger partial charge on any atom is -0.460 e. The summed E-state index contributed by atoms with van der Waals surface area (Å²) in [6.07, 6.45) is 4.00. The van der Waals surface area contributed by atoms with E-state index in [9.17, 15) is 4.79 Å². The average Bonchev–Trinajstić information content (AvgIpc) is 2.25. The van der Waals surface area contributed by atoms with Crippen molar-refractivity contribution in [1.29, 1.82) is 0 Å². The Balaban J connectivity index is 2.29. The van der Waals surface area contributed by atoms with Gasteiger partial charge < -0.3 is 9.64 Å². The van der Waals surface area contributed by atoms with Crippen molar-refractivity contribution in [3.63, 3.8) is 0 Å². The van der Waals surface area contributed by atoms with Gasteiger partial charge in [0.15, 0.2) is 0 Å². The second-order valence-electron chi connectivity index (χ2n) is 5.44. The molecule has 1 rings (SSSR count). The Bertz CT molecular complexity index is 371. The van der Waals surface area contributed by atoms with Crippen molar-refractivity contribution in [2.24, 2.45) is 0 Å². The van der Waals surface area contributed by atoms with Gasteiger partial charge in [-0.1, -0.05) is 6.07 Å². The fourth-order valence-corrected chi connectivity index (χ4v) is 1.56. The molecule has 0 saturated carbocycles. The first-order valence-corrected chi connectivity index (χ1v) is 6.16. The number of esters is 1. The van der Waals surface area contributed by atoms with Crippen molar-refractivity contribution < 1.29 is 9.53 Å². The van der Waals surface area contributed by atoms with Crippen LogP contribution in [0, 0.1) is 0 Å². The molecule has 0 aliphatic carbocycles. The van der Waals surface area contributed by atoms with Gasteiger partial charge in [-0.25, -0.2) is 0 Å². The maximum Gasteiger partial charge on any atom is 0.307 e. The van der Waals surface area contributed by atoms with Crippen molar-refractivity contribution >= 4 is 5.97 Å². The van der Waals surface area contributed by atoms with Crippen LogP contribution in [0.1, 0.15) is 32.8 Å². The van der Waals surface area contributed by atoms with Crippen LogP contribution < -0.4 is 0 Å². The van der Waals surface area contributed by atoms with E-state index in [4.69, 9.17) is 4.74 Å². The molecule has 0 aliphatic heterocycles. The third kappa shape index (κ3) is 6.35. The number of pyridine rings is 1. The van der Waals surface area contributed by atoms with Gasteiger partial charge in [-0.3, -0.25) is 9.78 Å². The van der Waals surface area contributed by atoms with E-state index in [0.717, 1.165) is 12.1 Å². The van der Waals surface area contributed by atoms with E-state index in [1.807, 2.05) is 46.1 Å². The topological polar surface area (TPSA) is 42.4 Å². The molecule has 4 heteroatoms. The predicted molar refractivity (Wildman–Crippen MR) is 71.0 cm³/mol. The summed E-state index contributed by atoms with van der Waals surface area (Å²) in [5.41, 5.74) is 0.739. The third-order valence-corrected chi connectivity index (χ3v) is 2.29. The van der Waals surface area contributed by atoms with Crippen molar-refractivity contribution in [2.45, 2.75) is 39.3 Å². The zero-order valence-corrected chi connectivity index (χ0v) is 11.6. The van der Waals surface area contributed by atoms with Crippen LogP contribution in [0.3, 0.4) is 0 Å². The van der Waals surface area contributed by atoms with Crippen LogP contribution in [0.25, 0.3) is 0 Å². The summed E-state index contributed by atoms with van der Waals surface area (Å²) in [4.78, 5) is 17.7. The molecule has 0 atom stereocenters. The summed E-state index contributed by atoms with van der Waals surface area (Å²) in [5.74, 6) is -0.152. The van der Waals surface area contributed by atoms with Gasteiger partial charge in [0, 0.05) is 25.5 Å². The van der Waals surface area contributed by atoms with Crippen molar-refractivity contribution in [1.82, 2.24) is 9.88 Å². The molecule has 0 amide bonds. The summed E-state index contributed by atoms with van der Waals surface area (Å²) < 4.78 is 5.26. The molecule has 0 fully saturated rings. The molecule has 0 bridgehead atoms. The molecule has 1 heterocycles. The minimum atomic E-state index is -0.404. The monoisotopic (exact) mass is 250 g/mol. The Morgan fingerprint density at radius 3 is 2.72 bits per heavy atom.